The molecule has 1 N–H and O–H groups in total. The molecule has 0 aliphatic heterocycles. The fourth-order valence-corrected chi connectivity index (χ4v) is 3.64. The normalized spacial score (nSPS) is 13.5. The van der Waals surface area contributed by atoms with Crippen LogP contribution < -0.4 is 5.32 Å². The summed E-state index contributed by atoms with van der Waals surface area (Å²) in [5.41, 5.74) is -3.36. The zero-order chi connectivity index (χ0) is 24.1. The molecule has 0 amide bonds. The summed E-state index contributed by atoms with van der Waals surface area (Å²) >= 11 is 3.14. The van der Waals surface area contributed by atoms with Crippen LogP contribution in [-0.4, -0.2) is 34.5 Å². The minimum atomic E-state index is -5.02. The van der Waals surface area contributed by atoms with Crippen molar-refractivity contribution in [3.8, 4) is 5.95 Å². The lowest BCUT2D eigenvalue weighted by Gasteiger charge is -2.15. The van der Waals surface area contributed by atoms with E-state index in [4.69, 9.17) is 0 Å². The first-order chi connectivity index (χ1) is 15.4. The Bertz CT molecular complexity index is 1310. The van der Waals surface area contributed by atoms with Gasteiger partial charge in [0.15, 0.2) is 11.6 Å². The molecule has 15 heteroatoms. The molecule has 0 bridgehead atoms. The molecule has 0 spiro atoms. The molecule has 3 heterocycles. The van der Waals surface area contributed by atoms with Gasteiger partial charge in [-0.05, 0) is 41.1 Å². The zero-order valence-electron chi connectivity index (χ0n) is 16.7. The van der Waals surface area contributed by atoms with Gasteiger partial charge in [-0.2, -0.15) is 36.1 Å². The van der Waals surface area contributed by atoms with E-state index in [1.165, 1.54) is 24.1 Å². The number of nitrogens with zero attached hydrogens (tertiary/aromatic N) is 7. The maximum absolute atomic E-state index is 13.6. The molecule has 0 aliphatic carbocycles. The van der Waals surface area contributed by atoms with Gasteiger partial charge in [0, 0.05) is 24.8 Å². The van der Waals surface area contributed by atoms with Crippen LogP contribution in [0, 0.1) is 0 Å². The van der Waals surface area contributed by atoms with E-state index < -0.39 is 35.0 Å². The van der Waals surface area contributed by atoms with Crippen molar-refractivity contribution in [3.05, 3.63) is 52.3 Å². The molecule has 0 fully saturated rings. The van der Waals surface area contributed by atoms with Gasteiger partial charge in [0.25, 0.3) is 5.95 Å². The molecule has 33 heavy (non-hydrogen) atoms. The molecule has 0 saturated carbocycles. The van der Waals surface area contributed by atoms with Crippen LogP contribution in [0.1, 0.15) is 29.9 Å². The largest absolute Gasteiger partial charge is 0.418 e. The van der Waals surface area contributed by atoms with Crippen molar-refractivity contribution in [2.45, 2.75) is 25.3 Å². The first-order valence-electron chi connectivity index (χ1n) is 9.18. The molecular weight excluding hydrogens is 522 g/mol. The number of halogens is 7. The summed E-state index contributed by atoms with van der Waals surface area (Å²) in [4.78, 5) is 12.4. The number of fused-ring (bicyclic) bond motifs is 1. The van der Waals surface area contributed by atoms with E-state index in [2.05, 4.69) is 46.4 Å². The molecule has 1 atom stereocenters. The third kappa shape index (κ3) is 4.36. The topological polar surface area (TPSA) is 86.3 Å². The Balaban J connectivity index is 1.82. The van der Waals surface area contributed by atoms with Gasteiger partial charge in [-0.3, -0.25) is 4.68 Å². The number of nitrogens with one attached hydrogen (secondary N) is 1. The van der Waals surface area contributed by atoms with E-state index in [0.717, 1.165) is 4.68 Å². The predicted octanol–water partition coefficient (Wildman–Crippen LogP) is 4.92. The molecule has 4 aromatic rings. The minimum absolute atomic E-state index is 0.0811. The van der Waals surface area contributed by atoms with Crippen molar-refractivity contribution in [2.75, 3.05) is 5.32 Å². The van der Waals surface area contributed by atoms with Crippen molar-refractivity contribution in [3.63, 3.8) is 0 Å². The summed E-state index contributed by atoms with van der Waals surface area (Å²) < 4.78 is 83.1. The average Bonchev–Trinajstić information content (AvgIpc) is 3.27. The lowest BCUT2D eigenvalue weighted by atomic mass is 10.0. The van der Waals surface area contributed by atoms with E-state index in [-0.39, 0.29) is 33.8 Å². The number of aromatic nitrogens is 7. The van der Waals surface area contributed by atoms with E-state index in [1.54, 1.807) is 13.0 Å². The lowest BCUT2D eigenvalue weighted by molar-refractivity contribution is -0.142. The first-order valence-corrected chi connectivity index (χ1v) is 9.97. The van der Waals surface area contributed by atoms with Gasteiger partial charge in [-0.25, -0.2) is 15.0 Å². The Morgan fingerprint density at radius 2 is 1.67 bits per heavy atom. The summed E-state index contributed by atoms with van der Waals surface area (Å²) in [5.74, 6) is 0.232. The second-order valence-corrected chi connectivity index (χ2v) is 7.66. The zero-order valence-corrected chi connectivity index (χ0v) is 18.3. The van der Waals surface area contributed by atoms with Crippen molar-refractivity contribution >= 4 is 32.7 Å². The highest BCUT2D eigenvalue weighted by atomic mass is 79.9. The second kappa shape index (κ2) is 7.97. The molecule has 1 unspecified atom stereocenters. The predicted molar refractivity (Wildman–Crippen MR) is 107 cm³/mol. The molecule has 8 nitrogen and oxygen atoms in total. The number of rotatable bonds is 4. The van der Waals surface area contributed by atoms with Crippen molar-refractivity contribution in [1.29, 1.82) is 0 Å². The fraction of sp³-hybridized carbons (Fsp3) is 0.278. The average molecular weight is 535 g/mol. The number of hydrogen-bond donors (Lipinski definition) is 1. The second-order valence-electron chi connectivity index (χ2n) is 6.95. The quantitative estimate of drug-likeness (QED) is 0.374. The van der Waals surface area contributed by atoms with Gasteiger partial charge in [-0.15, -0.1) is 5.10 Å². The smallest absolute Gasteiger partial charge is 0.358 e. The van der Waals surface area contributed by atoms with Gasteiger partial charge in [0.1, 0.15) is 0 Å². The Morgan fingerprint density at radius 1 is 1.00 bits per heavy atom. The highest BCUT2D eigenvalue weighted by molar-refractivity contribution is 9.10. The van der Waals surface area contributed by atoms with E-state index in [9.17, 15) is 26.3 Å². The summed E-state index contributed by atoms with van der Waals surface area (Å²) in [6.07, 6.45) is -7.05. The Hall–Kier alpha value is -3.23. The SMILES string of the molecule is CC(Nc1nn(C)c2c(C(F)(F)F)cc(C(F)(F)F)cc12)c1nc(Br)nn1-c1ncccn1. The molecule has 3 aromatic heterocycles. The summed E-state index contributed by atoms with van der Waals surface area (Å²) in [6, 6.07) is 1.55. The number of hydrogen-bond acceptors (Lipinski definition) is 6. The minimum Gasteiger partial charge on any atom is -0.358 e. The third-order valence-corrected chi connectivity index (χ3v) is 5.00. The van der Waals surface area contributed by atoms with Gasteiger partial charge >= 0.3 is 12.4 Å². The van der Waals surface area contributed by atoms with Crippen LogP contribution in [-0.2, 0) is 19.4 Å². The summed E-state index contributed by atoms with van der Waals surface area (Å²) in [7, 11) is 1.22. The maximum Gasteiger partial charge on any atom is 0.418 e. The van der Waals surface area contributed by atoms with Crippen molar-refractivity contribution in [2.24, 2.45) is 7.05 Å². The van der Waals surface area contributed by atoms with Crippen LogP contribution in [0.3, 0.4) is 0 Å². The summed E-state index contributed by atoms with van der Waals surface area (Å²) in [6.45, 7) is 1.59. The van der Waals surface area contributed by atoms with E-state index in [0.29, 0.717) is 6.07 Å². The van der Waals surface area contributed by atoms with Crippen LogP contribution in [0.5, 0.6) is 0 Å². The summed E-state index contributed by atoms with van der Waals surface area (Å²) in [5, 5.41) is 10.6. The maximum atomic E-state index is 13.6. The van der Waals surface area contributed by atoms with Crippen LogP contribution in [0.2, 0.25) is 0 Å². The Labute approximate surface area is 189 Å². The number of alkyl halides is 6. The van der Waals surface area contributed by atoms with Gasteiger partial charge < -0.3 is 5.32 Å². The van der Waals surface area contributed by atoms with Crippen LogP contribution in [0.15, 0.2) is 35.3 Å². The number of benzene rings is 1. The van der Waals surface area contributed by atoms with E-state index >= 15 is 0 Å². The molecule has 0 aliphatic rings. The van der Waals surface area contributed by atoms with Crippen LogP contribution in [0.4, 0.5) is 32.2 Å². The standard InChI is InChI=1S/C18H13BrF6N8/c1-8(14-29-15(19)31-33(14)16-26-4-3-5-27-16)28-13-10-6-9(17(20,21)22)7-11(18(23,24)25)12(10)32(2)30-13/h3-8H,1-2H3,(H,28,30). The van der Waals surface area contributed by atoms with Crippen molar-refractivity contribution < 1.29 is 26.3 Å². The first kappa shape index (κ1) is 22.9. The third-order valence-electron chi connectivity index (χ3n) is 4.66. The van der Waals surface area contributed by atoms with Crippen molar-refractivity contribution in [1.82, 2.24) is 34.5 Å². The molecular formula is C18H13BrF6N8. The molecule has 0 saturated heterocycles. The Morgan fingerprint density at radius 3 is 2.27 bits per heavy atom. The monoisotopic (exact) mass is 534 g/mol. The number of anilines is 1. The highest BCUT2D eigenvalue weighted by Gasteiger charge is 2.40. The van der Waals surface area contributed by atoms with Gasteiger partial charge in [0.05, 0.1) is 22.7 Å². The number of aryl methyl sites for hydroxylation is 1. The molecule has 1 aromatic carbocycles. The lowest BCUT2D eigenvalue weighted by Crippen LogP contribution is -2.16. The van der Waals surface area contributed by atoms with E-state index in [1.807, 2.05) is 0 Å². The van der Waals surface area contributed by atoms with Crippen LogP contribution >= 0.6 is 15.9 Å². The van der Waals surface area contributed by atoms with Gasteiger partial charge in [0.2, 0.25) is 4.73 Å². The fourth-order valence-electron chi connectivity index (χ4n) is 3.30. The van der Waals surface area contributed by atoms with Crippen LogP contribution in [0.25, 0.3) is 16.9 Å². The molecule has 174 valence electrons. The highest BCUT2D eigenvalue weighted by Crippen LogP contribution is 2.42. The Kier molecular flexibility index (Phi) is 5.54. The molecule has 0 radical (unpaired) electrons. The molecule has 4 rings (SSSR count). The van der Waals surface area contributed by atoms with Gasteiger partial charge in [-0.1, -0.05) is 0 Å².